The molecule has 4 aliphatic rings. The molecule has 2 amide bonds. The number of unbranched alkanes of at least 4 members (excludes halogenated alkanes) is 10. The molecule has 16 heteroatoms. The van der Waals surface area contributed by atoms with Gasteiger partial charge in [-0.05, 0) is 104 Å². The molecule has 14 heterocycles. The first-order valence-electron chi connectivity index (χ1n) is 44.2. The van der Waals surface area contributed by atoms with Gasteiger partial charge in [0.05, 0.1) is 15.3 Å². The molecular formula is C96H130GeN2O2S10Si. The van der Waals surface area contributed by atoms with Crippen molar-refractivity contribution < 1.29 is 9.59 Å². The van der Waals surface area contributed by atoms with Gasteiger partial charge in [-0.25, -0.2) is 0 Å². The number of hydrogen-bond acceptors (Lipinski definition) is 12. The molecule has 14 rings (SSSR count). The summed E-state index contributed by atoms with van der Waals surface area (Å²) < 4.78 is 3.66. The Morgan fingerprint density at radius 1 is 0.339 bits per heavy atom. The van der Waals surface area contributed by atoms with Gasteiger partial charge in [0.15, 0.2) is 0 Å². The normalized spacial score (nSPS) is 17.5. The van der Waals surface area contributed by atoms with Crippen molar-refractivity contribution in [1.29, 1.82) is 0 Å². The molecule has 0 saturated carbocycles. The molecule has 0 saturated heterocycles. The molecule has 0 N–H and O–H groups in total. The Morgan fingerprint density at radius 2 is 0.732 bits per heavy atom. The summed E-state index contributed by atoms with van der Waals surface area (Å²) in [5.74, 6) is 4.34. The first-order chi connectivity index (χ1) is 54.4. The van der Waals surface area contributed by atoms with Gasteiger partial charge in [0.25, 0.3) is 5.91 Å². The van der Waals surface area contributed by atoms with E-state index in [1.165, 1.54) is 266 Å². The van der Waals surface area contributed by atoms with Crippen molar-refractivity contribution in [3.63, 3.8) is 0 Å². The number of hydrogen-bond donors (Lipinski definition) is 0. The molecule has 4 nitrogen and oxygen atoms in total. The summed E-state index contributed by atoms with van der Waals surface area (Å²) in [6, 6.07) is 32.1. The summed E-state index contributed by atoms with van der Waals surface area (Å²) in [4.78, 5) is 61.0. The van der Waals surface area contributed by atoms with Gasteiger partial charge in [-0.15, -0.1) is 56.7 Å². The van der Waals surface area contributed by atoms with Crippen LogP contribution in [0.4, 0.5) is 0 Å². The van der Waals surface area contributed by atoms with Crippen LogP contribution in [-0.4, -0.2) is 56.0 Å². The summed E-state index contributed by atoms with van der Waals surface area (Å²) in [7, 11) is -2.00. The van der Waals surface area contributed by atoms with E-state index in [4.69, 9.17) is 0 Å². The van der Waals surface area contributed by atoms with Gasteiger partial charge in [0.1, 0.15) is 8.07 Å². The Labute approximate surface area is 719 Å². The quantitative estimate of drug-likeness (QED) is 0.0282. The van der Waals surface area contributed by atoms with Gasteiger partial charge < -0.3 is 4.90 Å². The van der Waals surface area contributed by atoms with Crippen LogP contribution in [0, 0.1) is 57.3 Å². The van der Waals surface area contributed by atoms with E-state index in [1.54, 1.807) is 29.9 Å². The fourth-order valence-electron chi connectivity index (χ4n) is 19.4. The van der Waals surface area contributed by atoms with Gasteiger partial charge in [0.2, 0.25) is 0 Å². The first-order valence-corrected chi connectivity index (χ1v) is 59.8. The third-order valence-corrected chi connectivity index (χ3v) is 56.3. The number of fused-ring (bicyclic) bond motifs is 8. The zero-order valence-electron chi connectivity index (χ0n) is 70.6. The van der Waals surface area contributed by atoms with Crippen LogP contribution in [0.1, 0.15) is 294 Å². The Kier molecular flexibility index (Phi) is 30.7. The van der Waals surface area contributed by atoms with Crippen LogP contribution in [0.15, 0.2) is 72.8 Å². The number of rotatable bonds is 43. The van der Waals surface area contributed by atoms with Crippen molar-refractivity contribution in [3.05, 3.63) is 115 Å². The van der Waals surface area contributed by atoms with E-state index in [2.05, 4.69) is 232 Å². The average molecular weight is 1770 g/mol. The molecule has 0 spiro atoms. The minimum atomic E-state index is -2.73. The van der Waals surface area contributed by atoms with Gasteiger partial charge in [-0.1, -0.05) is 151 Å². The molecule has 604 valence electrons. The molecule has 112 heavy (non-hydrogen) atoms. The Bertz CT molecular complexity index is 4720. The van der Waals surface area contributed by atoms with E-state index in [9.17, 15) is 9.59 Å². The molecule has 0 aromatic carbocycles. The molecular weight excluding hydrogens is 1630 g/mol. The molecule has 5 atom stereocenters. The second kappa shape index (κ2) is 39.7. The van der Waals surface area contributed by atoms with Gasteiger partial charge in [0, 0.05) is 57.7 Å². The predicted molar refractivity (Wildman–Crippen MR) is 513 cm³/mol. The van der Waals surface area contributed by atoms with E-state index in [0.29, 0.717) is 5.92 Å². The second-order valence-electron chi connectivity index (χ2n) is 34.0. The van der Waals surface area contributed by atoms with Gasteiger partial charge >= 0.3 is 318 Å². The van der Waals surface area contributed by atoms with Crippen molar-refractivity contribution >= 4 is 166 Å². The summed E-state index contributed by atoms with van der Waals surface area (Å²) in [6.07, 6.45) is 33.6. The van der Waals surface area contributed by atoms with Crippen LogP contribution in [0.5, 0.6) is 0 Å². The predicted octanol–water partition coefficient (Wildman–Crippen LogP) is 31.7. The van der Waals surface area contributed by atoms with Crippen LogP contribution < -0.4 is 19.2 Å². The maximum atomic E-state index is 14.4. The standard InChI is InChI=1S/C48H65GeNOS5.C48H65NOS5Si/c1-8-13-16-17-18-19-26-50-31-36-43(48(50)51)47(56-44(36)40-23-22-32(6)52-40)41-25-24-39(54-41)42-28-38-46(55-42)45-37(27-33(7)53-45)49(38,29-34(11-4)20-14-9-2)30-35(12-5)21-15-10-3;1-9-15-18-33(12-4)27-49-28-36-43(48(49)50)45(55-44(36)38-22-21-31(7)51-38)39-24-23-37(53-39)40-26-42-47(54-40)46-41(25-32(8)52-46)56(42,29-34(13-5)19-16-10-2)30-35(14-6)20-17-11-3/h22-25,27-28,34-35H,8-21,26,29-31H2,1-7H3;21-26,33-35H,9-20,27-30H2,1-8H3. The third-order valence-electron chi connectivity index (χ3n) is 26.0. The van der Waals surface area contributed by atoms with Crippen LogP contribution in [-0.2, 0) is 13.1 Å². The average Bonchev–Trinajstić information content (AvgIpc) is 1.55. The number of amides is 2. The molecule has 10 aromatic rings. The number of nitrogens with zero attached hydrogens (tertiary/aromatic N) is 2. The topological polar surface area (TPSA) is 40.6 Å². The van der Waals surface area contributed by atoms with E-state index < -0.39 is 21.3 Å². The fourth-order valence-corrected chi connectivity index (χ4v) is 55.7. The molecule has 0 fully saturated rings. The summed E-state index contributed by atoms with van der Waals surface area (Å²) in [5.41, 5.74) is 4.52. The van der Waals surface area contributed by atoms with Crippen LogP contribution in [0.2, 0.25) is 22.6 Å². The second-order valence-corrected chi connectivity index (χ2v) is 58.0. The maximum absolute atomic E-state index is 14.4. The molecule has 0 radical (unpaired) electrons. The van der Waals surface area contributed by atoms with E-state index in [1.807, 2.05) is 76.8 Å². The Balaban J connectivity index is 0.000000196. The molecule has 4 aliphatic heterocycles. The zero-order chi connectivity index (χ0) is 79.0. The van der Waals surface area contributed by atoms with Crippen molar-refractivity contribution in [2.45, 2.75) is 306 Å². The van der Waals surface area contributed by atoms with Crippen LogP contribution >= 0.6 is 113 Å². The van der Waals surface area contributed by atoms with Crippen molar-refractivity contribution in [2.75, 3.05) is 13.1 Å². The summed E-state index contributed by atoms with van der Waals surface area (Å²) in [6.45, 7) is 38.5. The SMILES string of the molecule is CCCCC(CC)CN1Cc2c(-c3ccc(C)s3)sc(-c3ccc(-c4cc5c(s4)-c4sc(C)cc4[Si]5(CC(CC)CCCC)CC(CC)CCCC)s3)c2C1=O.CCCCCCCCN1Cc2c(-c3ccc(C)s3)sc(-c3ccc(-c4c[c]5c(s4)-c4sc(C)c[c]4[Ge]5([CH2]C(CC)CCCC)[CH2]C(CC)CCCC)s3)c2C1=O. The third kappa shape index (κ3) is 18.4. The van der Waals surface area contributed by atoms with Crippen LogP contribution in [0.25, 0.3) is 78.0 Å². The van der Waals surface area contributed by atoms with E-state index >= 15 is 0 Å². The van der Waals surface area contributed by atoms with Gasteiger partial charge in [-0.3, -0.25) is 4.79 Å². The first kappa shape index (κ1) is 86.5. The fraction of sp³-hybridized carbons (Fsp3) is 0.562. The Hall–Kier alpha value is -3.30. The van der Waals surface area contributed by atoms with E-state index in [-0.39, 0.29) is 11.8 Å². The van der Waals surface area contributed by atoms with E-state index in [0.717, 1.165) is 73.8 Å². The molecule has 10 aromatic heterocycles. The van der Waals surface area contributed by atoms with Gasteiger partial charge in [-0.2, -0.15) is 0 Å². The number of carbonyl (C=O) groups excluding carboxylic acids is 2. The minimum absolute atomic E-state index is 0.254. The van der Waals surface area contributed by atoms with Crippen molar-refractivity contribution in [1.82, 2.24) is 9.80 Å². The molecule has 5 unspecified atom stereocenters. The monoisotopic (exact) mass is 1760 g/mol. The number of thiophene rings is 10. The van der Waals surface area contributed by atoms with Crippen molar-refractivity contribution in [2.24, 2.45) is 29.6 Å². The Morgan fingerprint density at radius 3 is 1.24 bits per heavy atom. The summed E-state index contributed by atoms with van der Waals surface area (Å²) in [5, 5.41) is 6.48. The zero-order valence-corrected chi connectivity index (χ0v) is 81.9. The summed E-state index contributed by atoms with van der Waals surface area (Å²) >= 11 is 16.9. The molecule has 0 aliphatic carbocycles. The number of carbonyl (C=O) groups is 2. The number of aryl methyl sites for hydroxylation is 4. The van der Waals surface area contributed by atoms with Crippen LogP contribution in [0.3, 0.4) is 0 Å². The molecule has 0 bridgehead atoms. The van der Waals surface area contributed by atoms with Crippen molar-refractivity contribution in [3.8, 4) is 78.0 Å².